The maximum atomic E-state index is 2.73. The molecule has 0 saturated carbocycles. The lowest BCUT2D eigenvalue weighted by Gasteiger charge is -2.42. The fourth-order valence-electron chi connectivity index (χ4n) is 3.77. The maximum absolute atomic E-state index is 2.73. The molecule has 3 heteroatoms. The first-order valence-electron chi connectivity index (χ1n) is 8.97. The molecule has 1 aromatic rings. The molecule has 0 N–H and O–H groups in total. The van der Waals surface area contributed by atoms with Crippen LogP contribution >= 0.6 is 0 Å². The summed E-state index contributed by atoms with van der Waals surface area (Å²) in [6, 6.07) is 10.0. The molecule has 2 aliphatic heterocycles. The van der Waals surface area contributed by atoms with Gasteiger partial charge in [-0.25, -0.2) is 0 Å². The second-order valence-corrected chi connectivity index (χ2v) is 7.02. The van der Waals surface area contributed by atoms with Gasteiger partial charge in [-0.1, -0.05) is 31.2 Å². The van der Waals surface area contributed by atoms with Crippen molar-refractivity contribution in [3.63, 3.8) is 0 Å². The molecular weight excluding hydrogens is 270 g/mol. The zero-order valence-corrected chi connectivity index (χ0v) is 14.3. The summed E-state index contributed by atoms with van der Waals surface area (Å²) in [6.07, 6.45) is 3.82. The first-order chi connectivity index (χ1) is 10.7. The Labute approximate surface area is 135 Å². The second-order valence-electron chi connectivity index (χ2n) is 7.02. The lowest BCUT2D eigenvalue weighted by molar-refractivity contribution is 0.0658. The highest BCUT2D eigenvalue weighted by Crippen LogP contribution is 2.19. The second kappa shape index (κ2) is 7.58. The summed E-state index contributed by atoms with van der Waals surface area (Å²) < 4.78 is 0. The molecule has 3 rings (SSSR count). The van der Waals surface area contributed by atoms with E-state index in [1.165, 1.54) is 63.2 Å². The molecule has 0 amide bonds. The van der Waals surface area contributed by atoms with Crippen LogP contribution in [-0.4, -0.2) is 67.1 Å². The van der Waals surface area contributed by atoms with Crippen LogP contribution in [0, 0.1) is 0 Å². The van der Waals surface area contributed by atoms with E-state index < -0.39 is 0 Å². The van der Waals surface area contributed by atoms with Gasteiger partial charge in [-0.3, -0.25) is 9.80 Å². The van der Waals surface area contributed by atoms with Crippen molar-refractivity contribution in [3.8, 4) is 0 Å². The minimum Gasteiger partial charge on any atom is -0.304 e. The Morgan fingerprint density at radius 1 is 0.864 bits per heavy atom. The first-order valence-corrected chi connectivity index (χ1v) is 8.97. The zero-order valence-electron chi connectivity index (χ0n) is 14.3. The highest BCUT2D eigenvalue weighted by Gasteiger charge is 2.26. The van der Waals surface area contributed by atoms with E-state index in [1.807, 2.05) is 0 Å². The van der Waals surface area contributed by atoms with Gasteiger partial charge in [0.25, 0.3) is 0 Å². The number of piperidine rings is 1. The van der Waals surface area contributed by atoms with Gasteiger partial charge >= 0.3 is 0 Å². The van der Waals surface area contributed by atoms with Crippen molar-refractivity contribution in [2.24, 2.45) is 0 Å². The van der Waals surface area contributed by atoms with Crippen LogP contribution in [0.15, 0.2) is 24.3 Å². The van der Waals surface area contributed by atoms with E-state index >= 15 is 0 Å². The highest BCUT2D eigenvalue weighted by atomic mass is 15.3. The predicted molar refractivity (Wildman–Crippen MR) is 93.2 cm³/mol. The van der Waals surface area contributed by atoms with Crippen molar-refractivity contribution in [1.29, 1.82) is 0 Å². The van der Waals surface area contributed by atoms with E-state index in [-0.39, 0.29) is 0 Å². The van der Waals surface area contributed by atoms with Crippen LogP contribution in [0.2, 0.25) is 0 Å². The van der Waals surface area contributed by atoms with Crippen molar-refractivity contribution in [2.45, 2.75) is 38.8 Å². The average Bonchev–Trinajstić information content (AvgIpc) is 2.57. The lowest BCUT2D eigenvalue weighted by Crippen LogP contribution is -2.52. The number of hydrogen-bond acceptors (Lipinski definition) is 3. The summed E-state index contributed by atoms with van der Waals surface area (Å²) in [7, 11) is 2.24. The Morgan fingerprint density at radius 3 is 2.05 bits per heavy atom. The number of likely N-dealkylation sites (N-methyl/N-ethyl adjacent to an activating group) is 1. The van der Waals surface area contributed by atoms with E-state index in [1.54, 1.807) is 0 Å². The monoisotopic (exact) mass is 301 g/mol. The molecule has 0 spiro atoms. The van der Waals surface area contributed by atoms with E-state index in [0.29, 0.717) is 0 Å². The summed E-state index contributed by atoms with van der Waals surface area (Å²) in [4.78, 5) is 7.81. The number of aryl methyl sites for hydroxylation is 1. The maximum Gasteiger partial charge on any atom is 0.0233 e. The summed E-state index contributed by atoms with van der Waals surface area (Å²) >= 11 is 0. The molecule has 2 heterocycles. The van der Waals surface area contributed by atoms with Crippen LogP contribution in [0.4, 0.5) is 0 Å². The minimum atomic E-state index is 0.826. The van der Waals surface area contributed by atoms with E-state index in [0.717, 1.165) is 19.0 Å². The van der Waals surface area contributed by atoms with Crippen molar-refractivity contribution >= 4 is 0 Å². The molecule has 3 nitrogen and oxygen atoms in total. The molecule has 0 atom stereocenters. The Bertz CT molecular complexity index is 440. The van der Waals surface area contributed by atoms with Gasteiger partial charge in [0, 0.05) is 38.8 Å². The first kappa shape index (κ1) is 16.0. The van der Waals surface area contributed by atoms with Gasteiger partial charge in [-0.05, 0) is 50.5 Å². The topological polar surface area (TPSA) is 9.72 Å². The van der Waals surface area contributed by atoms with Crippen LogP contribution in [0.3, 0.4) is 0 Å². The lowest BCUT2D eigenvalue weighted by atomic mass is 10.0. The molecule has 0 aromatic heterocycles. The van der Waals surface area contributed by atoms with Crippen LogP contribution in [0.1, 0.15) is 30.9 Å². The standard InChI is InChI=1S/C19H31N3/c1-3-17-4-6-18(7-5-17)16-21-10-8-19(9-11-21)22-14-12-20(2)13-15-22/h4-7,19H,3,8-16H2,1-2H3. The van der Waals surface area contributed by atoms with Crippen LogP contribution in [-0.2, 0) is 13.0 Å². The average molecular weight is 301 g/mol. The van der Waals surface area contributed by atoms with E-state index in [4.69, 9.17) is 0 Å². The molecule has 122 valence electrons. The zero-order chi connectivity index (χ0) is 15.4. The number of likely N-dealkylation sites (tertiary alicyclic amines) is 1. The molecule has 0 radical (unpaired) electrons. The van der Waals surface area contributed by atoms with Crippen LogP contribution in [0.25, 0.3) is 0 Å². The van der Waals surface area contributed by atoms with Gasteiger partial charge in [-0.15, -0.1) is 0 Å². The molecule has 2 fully saturated rings. The quantitative estimate of drug-likeness (QED) is 0.846. The summed E-state index contributed by atoms with van der Waals surface area (Å²) in [5, 5.41) is 0. The fourth-order valence-corrected chi connectivity index (χ4v) is 3.77. The molecule has 22 heavy (non-hydrogen) atoms. The molecular formula is C19H31N3. The number of hydrogen-bond donors (Lipinski definition) is 0. The molecule has 0 unspecified atom stereocenters. The van der Waals surface area contributed by atoms with Gasteiger partial charge in [0.05, 0.1) is 0 Å². The smallest absolute Gasteiger partial charge is 0.0233 e. The van der Waals surface area contributed by atoms with Gasteiger partial charge < -0.3 is 4.90 Å². The highest BCUT2D eigenvalue weighted by molar-refractivity contribution is 5.22. The number of nitrogens with zero attached hydrogens (tertiary/aromatic N) is 3. The SMILES string of the molecule is CCc1ccc(CN2CCC(N3CCN(C)CC3)CC2)cc1. The van der Waals surface area contributed by atoms with Gasteiger partial charge in [-0.2, -0.15) is 0 Å². The third kappa shape index (κ3) is 4.09. The summed E-state index contributed by atoms with van der Waals surface area (Å²) in [5.74, 6) is 0. The molecule has 0 aliphatic carbocycles. The largest absolute Gasteiger partial charge is 0.304 e. The predicted octanol–water partition coefficient (Wildman–Crippen LogP) is 2.46. The molecule has 2 aliphatic rings. The van der Waals surface area contributed by atoms with Crippen molar-refractivity contribution < 1.29 is 0 Å². The Balaban J connectivity index is 1.45. The molecule has 2 saturated heterocycles. The Hall–Kier alpha value is -0.900. The van der Waals surface area contributed by atoms with Crippen molar-refractivity contribution in [3.05, 3.63) is 35.4 Å². The third-order valence-electron chi connectivity index (χ3n) is 5.45. The summed E-state index contributed by atoms with van der Waals surface area (Å²) in [6.45, 7) is 10.9. The molecule has 0 bridgehead atoms. The van der Waals surface area contributed by atoms with Gasteiger partial charge in [0.1, 0.15) is 0 Å². The summed E-state index contributed by atoms with van der Waals surface area (Å²) in [5.41, 5.74) is 2.91. The number of rotatable bonds is 4. The van der Waals surface area contributed by atoms with Gasteiger partial charge in [0.2, 0.25) is 0 Å². The minimum absolute atomic E-state index is 0.826. The normalized spacial score (nSPS) is 23.0. The van der Waals surface area contributed by atoms with Crippen molar-refractivity contribution in [2.75, 3.05) is 46.3 Å². The van der Waals surface area contributed by atoms with E-state index in [2.05, 4.69) is 52.9 Å². The van der Waals surface area contributed by atoms with Crippen LogP contribution in [0.5, 0.6) is 0 Å². The van der Waals surface area contributed by atoms with Crippen LogP contribution < -0.4 is 0 Å². The Kier molecular flexibility index (Phi) is 5.51. The van der Waals surface area contributed by atoms with Gasteiger partial charge in [0.15, 0.2) is 0 Å². The molecule has 1 aromatic carbocycles. The fraction of sp³-hybridized carbons (Fsp3) is 0.684. The van der Waals surface area contributed by atoms with Crippen molar-refractivity contribution in [1.82, 2.24) is 14.7 Å². The van der Waals surface area contributed by atoms with E-state index in [9.17, 15) is 0 Å². The number of benzene rings is 1. The number of piperazine rings is 1. The Morgan fingerprint density at radius 2 is 1.45 bits per heavy atom. The third-order valence-corrected chi connectivity index (χ3v) is 5.45.